The first-order valence-electron chi connectivity index (χ1n) is 8.50. The Labute approximate surface area is 156 Å². The molecule has 1 aliphatic rings. The Hall–Kier alpha value is -2.79. The first-order valence-corrected chi connectivity index (χ1v) is 9.66. The standard InChI is InChI=1S/C21H19N3OS/c1-15-7-10-17(11-8-15)24-21(18-13-26-14-19(18)23-24)22-20(25)12-9-16-5-3-2-4-6-16/h2-12H,13-14H2,1H3,(H,22,25)/b12-9+. The van der Waals surface area contributed by atoms with Crippen LogP contribution in [0, 0.1) is 6.92 Å². The molecule has 3 aromatic rings. The van der Waals surface area contributed by atoms with Gasteiger partial charge in [0, 0.05) is 23.1 Å². The Morgan fingerprint density at radius 2 is 1.88 bits per heavy atom. The number of aryl methyl sites for hydroxylation is 1. The van der Waals surface area contributed by atoms with Crippen LogP contribution in [0.4, 0.5) is 5.82 Å². The maximum atomic E-state index is 12.5. The molecule has 0 unspecified atom stereocenters. The SMILES string of the molecule is Cc1ccc(-n2nc3c(c2NC(=O)/C=C/c2ccccc2)CSC3)cc1. The molecule has 1 aromatic heterocycles. The number of amides is 1. The molecule has 0 radical (unpaired) electrons. The first-order chi connectivity index (χ1) is 12.7. The zero-order valence-corrected chi connectivity index (χ0v) is 15.3. The van der Waals surface area contributed by atoms with Gasteiger partial charge in [-0.05, 0) is 30.7 Å². The predicted octanol–water partition coefficient (Wildman–Crippen LogP) is 4.58. The maximum absolute atomic E-state index is 12.5. The average Bonchev–Trinajstić information content (AvgIpc) is 3.24. The van der Waals surface area contributed by atoms with Crippen LogP contribution in [0.2, 0.25) is 0 Å². The first kappa shape index (κ1) is 16.7. The van der Waals surface area contributed by atoms with Crippen LogP contribution in [-0.2, 0) is 16.3 Å². The summed E-state index contributed by atoms with van der Waals surface area (Å²) in [6.45, 7) is 2.06. The number of rotatable bonds is 4. The molecule has 4 nitrogen and oxygen atoms in total. The molecule has 0 aliphatic carbocycles. The number of anilines is 1. The Bertz CT molecular complexity index is 959. The third-order valence-electron chi connectivity index (χ3n) is 4.30. The van der Waals surface area contributed by atoms with Crippen molar-refractivity contribution in [2.45, 2.75) is 18.4 Å². The van der Waals surface area contributed by atoms with Gasteiger partial charge in [-0.1, -0.05) is 48.0 Å². The average molecular weight is 361 g/mol. The molecule has 2 aromatic carbocycles. The van der Waals surface area contributed by atoms with Gasteiger partial charge in [0.25, 0.3) is 0 Å². The van der Waals surface area contributed by atoms with E-state index in [0.29, 0.717) is 0 Å². The summed E-state index contributed by atoms with van der Waals surface area (Å²) in [6, 6.07) is 18.0. The topological polar surface area (TPSA) is 46.9 Å². The molecule has 0 fully saturated rings. The lowest BCUT2D eigenvalue weighted by atomic mass is 10.2. The normalized spacial score (nSPS) is 13.1. The molecule has 0 spiro atoms. The highest BCUT2D eigenvalue weighted by Gasteiger charge is 2.24. The maximum Gasteiger partial charge on any atom is 0.249 e. The number of nitrogens with zero attached hydrogens (tertiary/aromatic N) is 2. The number of fused-ring (bicyclic) bond motifs is 1. The fourth-order valence-corrected chi connectivity index (χ4v) is 3.94. The van der Waals surface area contributed by atoms with Gasteiger partial charge in [0.1, 0.15) is 5.82 Å². The summed E-state index contributed by atoms with van der Waals surface area (Å²) in [6.07, 6.45) is 3.38. The number of hydrogen-bond acceptors (Lipinski definition) is 3. The van der Waals surface area contributed by atoms with Gasteiger partial charge < -0.3 is 5.32 Å². The molecule has 1 amide bonds. The van der Waals surface area contributed by atoms with E-state index in [9.17, 15) is 4.79 Å². The molecule has 0 bridgehead atoms. The van der Waals surface area contributed by atoms with Crippen LogP contribution in [0.25, 0.3) is 11.8 Å². The van der Waals surface area contributed by atoms with Gasteiger partial charge in [-0.15, -0.1) is 0 Å². The van der Waals surface area contributed by atoms with Gasteiger partial charge in [0.15, 0.2) is 0 Å². The second-order valence-electron chi connectivity index (χ2n) is 6.25. The summed E-state index contributed by atoms with van der Waals surface area (Å²) in [4.78, 5) is 12.5. The van der Waals surface area contributed by atoms with Crippen molar-refractivity contribution in [3.05, 3.63) is 83.1 Å². The van der Waals surface area contributed by atoms with Crippen LogP contribution in [-0.4, -0.2) is 15.7 Å². The van der Waals surface area contributed by atoms with Crippen molar-refractivity contribution in [3.8, 4) is 5.69 Å². The van der Waals surface area contributed by atoms with E-state index >= 15 is 0 Å². The number of hydrogen-bond donors (Lipinski definition) is 1. The predicted molar refractivity (Wildman–Crippen MR) is 107 cm³/mol. The zero-order valence-electron chi connectivity index (χ0n) is 14.5. The molecule has 2 heterocycles. The van der Waals surface area contributed by atoms with Gasteiger partial charge in [0.2, 0.25) is 5.91 Å². The lowest BCUT2D eigenvalue weighted by Crippen LogP contribution is -2.13. The van der Waals surface area contributed by atoms with Crippen LogP contribution in [0.3, 0.4) is 0 Å². The van der Waals surface area contributed by atoms with Crippen molar-refractivity contribution in [3.63, 3.8) is 0 Å². The van der Waals surface area contributed by atoms with E-state index in [-0.39, 0.29) is 5.91 Å². The van der Waals surface area contributed by atoms with Gasteiger partial charge in [-0.2, -0.15) is 16.9 Å². The van der Waals surface area contributed by atoms with Crippen molar-refractivity contribution in [2.24, 2.45) is 0 Å². The summed E-state index contributed by atoms with van der Waals surface area (Å²) in [5.74, 6) is 2.38. The molecule has 0 saturated carbocycles. The van der Waals surface area contributed by atoms with E-state index in [1.807, 2.05) is 65.0 Å². The summed E-state index contributed by atoms with van der Waals surface area (Å²) in [5.41, 5.74) is 5.32. The second-order valence-corrected chi connectivity index (χ2v) is 7.23. The Balaban J connectivity index is 1.62. The summed E-state index contributed by atoms with van der Waals surface area (Å²) < 4.78 is 1.85. The van der Waals surface area contributed by atoms with E-state index in [1.54, 1.807) is 6.08 Å². The minimum atomic E-state index is -0.151. The molecule has 0 atom stereocenters. The number of thioether (sulfide) groups is 1. The third-order valence-corrected chi connectivity index (χ3v) is 5.27. The van der Waals surface area contributed by atoms with Crippen LogP contribution >= 0.6 is 11.8 Å². The molecule has 5 heteroatoms. The fourth-order valence-electron chi connectivity index (χ4n) is 2.91. The highest BCUT2D eigenvalue weighted by molar-refractivity contribution is 7.98. The lowest BCUT2D eigenvalue weighted by molar-refractivity contribution is -0.111. The van der Waals surface area contributed by atoms with Gasteiger partial charge in [-0.3, -0.25) is 4.79 Å². The molecule has 1 N–H and O–H groups in total. The highest BCUT2D eigenvalue weighted by Crippen LogP contribution is 2.36. The van der Waals surface area contributed by atoms with Crippen LogP contribution < -0.4 is 5.32 Å². The van der Waals surface area contributed by atoms with E-state index in [2.05, 4.69) is 24.4 Å². The highest BCUT2D eigenvalue weighted by atomic mass is 32.2. The zero-order chi connectivity index (χ0) is 17.9. The lowest BCUT2D eigenvalue weighted by Gasteiger charge is -2.10. The second kappa shape index (κ2) is 7.22. The summed E-state index contributed by atoms with van der Waals surface area (Å²) >= 11 is 1.82. The Morgan fingerprint density at radius 3 is 2.65 bits per heavy atom. The number of carbonyl (C=O) groups is 1. The molecule has 4 rings (SSSR count). The molecular weight excluding hydrogens is 342 g/mol. The molecular formula is C21H19N3OS. The van der Waals surface area contributed by atoms with E-state index in [0.717, 1.165) is 39.8 Å². The number of aromatic nitrogens is 2. The van der Waals surface area contributed by atoms with Crippen molar-refractivity contribution >= 4 is 29.6 Å². The van der Waals surface area contributed by atoms with Crippen molar-refractivity contribution in [2.75, 3.05) is 5.32 Å². The summed E-state index contributed by atoms with van der Waals surface area (Å²) in [5, 5.41) is 7.75. The minimum absolute atomic E-state index is 0.151. The smallest absolute Gasteiger partial charge is 0.249 e. The van der Waals surface area contributed by atoms with Crippen molar-refractivity contribution < 1.29 is 4.79 Å². The summed E-state index contributed by atoms with van der Waals surface area (Å²) in [7, 11) is 0. The molecule has 1 aliphatic heterocycles. The van der Waals surface area contributed by atoms with Gasteiger partial charge >= 0.3 is 0 Å². The van der Waals surface area contributed by atoms with E-state index < -0.39 is 0 Å². The quantitative estimate of drug-likeness (QED) is 0.692. The fraction of sp³-hybridized carbons (Fsp3) is 0.143. The van der Waals surface area contributed by atoms with Crippen LogP contribution in [0.5, 0.6) is 0 Å². The van der Waals surface area contributed by atoms with Crippen LogP contribution in [0.1, 0.15) is 22.4 Å². The molecule has 0 saturated heterocycles. The monoisotopic (exact) mass is 361 g/mol. The third kappa shape index (κ3) is 3.44. The number of benzene rings is 2. The Morgan fingerprint density at radius 1 is 1.12 bits per heavy atom. The van der Waals surface area contributed by atoms with Crippen LogP contribution in [0.15, 0.2) is 60.7 Å². The number of carbonyl (C=O) groups excluding carboxylic acids is 1. The Kier molecular flexibility index (Phi) is 4.63. The number of nitrogens with one attached hydrogen (secondary N) is 1. The van der Waals surface area contributed by atoms with E-state index in [1.165, 1.54) is 5.56 Å². The van der Waals surface area contributed by atoms with Crippen molar-refractivity contribution in [1.29, 1.82) is 0 Å². The van der Waals surface area contributed by atoms with E-state index in [4.69, 9.17) is 5.10 Å². The van der Waals surface area contributed by atoms with Gasteiger partial charge in [0.05, 0.1) is 11.4 Å². The molecule has 130 valence electrons. The largest absolute Gasteiger partial charge is 0.307 e. The molecule has 26 heavy (non-hydrogen) atoms. The van der Waals surface area contributed by atoms with Crippen molar-refractivity contribution in [1.82, 2.24) is 9.78 Å². The van der Waals surface area contributed by atoms with Gasteiger partial charge in [-0.25, -0.2) is 4.68 Å². The minimum Gasteiger partial charge on any atom is -0.307 e.